The van der Waals surface area contributed by atoms with E-state index in [0.29, 0.717) is 5.75 Å². The van der Waals surface area contributed by atoms with Gasteiger partial charge in [0.15, 0.2) is 5.78 Å². The molecule has 0 bridgehead atoms. The predicted molar refractivity (Wildman–Crippen MR) is 80.0 cm³/mol. The Morgan fingerprint density at radius 1 is 1.05 bits per heavy atom. The van der Waals surface area contributed by atoms with Gasteiger partial charge in [-0.25, -0.2) is 8.78 Å². The molecule has 0 aliphatic carbocycles. The third-order valence-corrected chi connectivity index (χ3v) is 2.77. The first-order valence-corrected chi connectivity index (χ1v) is 6.57. The average Bonchev–Trinajstić information content (AvgIpc) is 2.47. The Morgan fingerprint density at radius 3 is 2.32 bits per heavy atom. The van der Waals surface area contributed by atoms with E-state index in [1.54, 1.807) is 25.2 Å². The summed E-state index contributed by atoms with van der Waals surface area (Å²) < 4.78 is 31.8. The van der Waals surface area contributed by atoms with Gasteiger partial charge in [0.25, 0.3) is 0 Å². The van der Waals surface area contributed by atoms with Crippen molar-refractivity contribution in [2.24, 2.45) is 0 Å². The van der Waals surface area contributed by atoms with Crippen LogP contribution in [0.3, 0.4) is 0 Å². The molecule has 0 aromatic heterocycles. The minimum Gasteiger partial charge on any atom is -0.456 e. The molecule has 0 atom stereocenters. The first-order valence-electron chi connectivity index (χ1n) is 6.57. The number of carbonyl (C=O) groups is 1. The van der Waals surface area contributed by atoms with Crippen LogP contribution in [0.25, 0.3) is 0 Å². The van der Waals surface area contributed by atoms with Crippen molar-refractivity contribution in [3.8, 4) is 11.5 Å². The summed E-state index contributed by atoms with van der Waals surface area (Å²) in [6, 6.07) is 8.93. The molecule has 0 aliphatic rings. The Hall–Kier alpha value is -2.69. The number of ketones is 1. The molecule has 0 saturated heterocycles. The topological polar surface area (TPSA) is 29.5 Å². The van der Waals surface area contributed by atoms with Crippen molar-refractivity contribution in [1.29, 1.82) is 0 Å². The first-order chi connectivity index (χ1) is 10.5. The third-order valence-electron chi connectivity index (χ3n) is 2.77. The Labute approximate surface area is 127 Å². The number of hydrogen-bond acceptors (Lipinski definition) is 3. The standard InChI is InChI=1S/C17H15F2NO2/c1-20(2)10-9-16(21)15-8-5-13(19)11-17(15)22-14-6-3-12(18)4-7-14/h3-11H,1-2H3/b10-9+. The molecule has 0 amide bonds. The zero-order valence-electron chi connectivity index (χ0n) is 12.2. The largest absolute Gasteiger partial charge is 0.456 e. The molecule has 5 heteroatoms. The van der Waals surface area contributed by atoms with E-state index in [0.717, 1.165) is 6.07 Å². The van der Waals surface area contributed by atoms with Gasteiger partial charge >= 0.3 is 0 Å². The summed E-state index contributed by atoms with van der Waals surface area (Å²) in [5, 5.41) is 0. The highest BCUT2D eigenvalue weighted by Crippen LogP contribution is 2.27. The van der Waals surface area contributed by atoms with Crippen molar-refractivity contribution in [2.45, 2.75) is 0 Å². The molecule has 0 unspecified atom stereocenters. The van der Waals surface area contributed by atoms with E-state index in [2.05, 4.69) is 0 Å². The van der Waals surface area contributed by atoms with Crippen LogP contribution in [0.1, 0.15) is 10.4 Å². The minimum absolute atomic E-state index is 0.0833. The summed E-state index contributed by atoms with van der Waals surface area (Å²) >= 11 is 0. The molecule has 0 spiro atoms. The van der Waals surface area contributed by atoms with Crippen molar-refractivity contribution < 1.29 is 18.3 Å². The second kappa shape index (κ2) is 6.85. The quantitative estimate of drug-likeness (QED) is 0.617. The van der Waals surface area contributed by atoms with Gasteiger partial charge in [0, 0.05) is 32.4 Å². The Bertz CT molecular complexity index is 694. The van der Waals surface area contributed by atoms with E-state index in [1.807, 2.05) is 0 Å². The maximum atomic E-state index is 13.4. The lowest BCUT2D eigenvalue weighted by Crippen LogP contribution is -2.04. The van der Waals surface area contributed by atoms with E-state index in [-0.39, 0.29) is 17.1 Å². The van der Waals surface area contributed by atoms with E-state index in [1.165, 1.54) is 42.5 Å². The highest BCUT2D eigenvalue weighted by molar-refractivity contribution is 6.06. The fourth-order valence-electron chi connectivity index (χ4n) is 1.72. The maximum absolute atomic E-state index is 13.4. The molecule has 0 fully saturated rings. The molecule has 2 aromatic carbocycles. The van der Waals surface area contributed by atoms with Crippen LogP contribution in [0.15, 0.2) is 54.7 Å². The summed E-state index contributed by atoms with van der Waals surface area (Å²) in [4.78, 5) is 13.9. The first kappa shape index (κ1) is 15.7. The van der Waals surface area contributed by atoms with Crippen LogP contribution in [-0.4, -0.2) is 24.8 Å². The number of rotatable bonds is 5. The third kappa shape index (κ3) is 4.15. The molecule has 0 N–H and O–H groups in total. The Kier molecular flexibility index (Phi) is 4.88. The smallest absolute Gasteiger partial charge is 0.191 e. The maximum Gasteiger partial charge on any atom is 0.191 e. The Balaban J connectivity index is 2.31. The highest BCUT2D eigenvalue weighted by atomic mass is 19.1. The second-order valence-corrected chi connectivity index (χ2v) is 4.84. The van der Waals surface area contributed by atoms with E-state index in [4.69, 9.17) is 4.74 Å². The summed E-state index contributed by atoms with van der Waals surface area (Å²) in [7, 11) is 3.56. The predicted octanol–water partition coefficient (Wildman–Crippen LogP) is 4.02. The molecule has 0 saturated carbocycles. The van der Waals surface area contributed by atoms with Gasteiger partial charge in [-0.15, -0.1) is 0 Å². The number of nitrogens with zero attached hydrogens (tertiary/aromatic N) is 1. The van der Waals surface area contributed by atoms with Gasteiger partial charge in [0.05, 0.1) is 5.56 Å². The molecule has 0 heterocycles. The molecule has 0 radical (unpaired) electrons. The van der Waals surface area contributed by atoms with Gasteiger partial charge < -0.3 is 9.64 Å². The van der Waals surface area contributed by atoms with Gasteiger partial charge in [0.2, 0.25) is 0 Å². The van der Waals surface area contributed by atoms with E-state index >= 15 is 0 Å². The minimum atomic E-state index is -0.523. The fraction of sp³-hybridized carbons (Fsp3) is 0.118. The fourth-order valence-corrected chi connectivity index (χ4v) is 1.72. The summed E-state index contributed by atoms with van der Waals surface area (Å²) in [5.74, 6) is -0.842. The van der Waals surface area contributed by atoms with Crippen LogP contribution in [-0.2, 0) is 0 Å². The van der Waals surface area contributed by atoms with Crippen molar-refractivity contribution in [3.63, 3.8) is 0 Å². The van der Waals surface area contributed by atoms with Gasteiger partial charge in [-0.05, 0) is 36.4 Å². The zero-order valence-corrected chi connectivity index (χ0v) is 12.2. The van der Waals surface area contributed by atoms with Crippen LogP contribution in [0.4, 0.5) is 8.78 Å². The number of ether oxygens (including phenoxy) is 1. The van der Waals surface area contributed by atoms with Crippen LogP contribution in [0.5, 0.6) is 11.5 Å². The summed E-state index contributed by atoms with van der Waals surface area (Å²) in [6.45, 7) is 0. The van der Waals surface area contributed by atoms with Crippen molar-refractivity contribution in [2.75, 3.05) is 14.1 Å². The van der Waals surface area contributed by atoms with Crippen LogP contribution in [0, 0.1) is 11.6 Å². The van der Waals surface area contributed by atoms with Crippen LogP contribution < -0.4 is 4.74 Å². The molecule has 0 aliphatic heterocycles. The normalized spacial score (nSPS) is 10.7. The van der Waals surface area contributed by atoms with Crippen molar-refractivity contribution in [1.82, 2.24) is 4.90 Å². The lowest BCUT2D eigenvalue weighted by molar-refractivity contribution is 0.104. The summed E-state index contributed by atoms with van der Waals surface area (Å²) in [6.07, 6.45) is 2.96. The highest BCUT2D eigenvalue weighted by Gasteiger charge is 2.12. The second-order valence-electron chi connectivity index (χ2n) is 4.84. The summed E-state index contributed by atoms with van der Waals surface area (Å²) in [5.41, 5.74) is 0.226. The van der Waals surface area contributed by atoms with Gasteiger partial charge in [0.1, 0.15) is 23.1 Å². The molecule has 114 valence electrons. The number of carbonyl (C=O) groups excluding carboxylic acids is 1. The van der Waals surface area contributed by atoms with Gasteiger partial charge in [-0.3, -0.25) is 4.79 Å². The molecular weight excluding hydrogens is 288 g/mol. The Morgan fingerprint density at radius 2 is 1.68 bits per heavy atom. The van der Waals surface area contributed by atoms with Crippen LogP contribution >= 0.6 is 0 Å². The molecule has 2 aromatic rings. The number of halogens is 2. The SMILES string of the molecule is CN(C)/C=C/C(=O)c1ccc(F)cc1Oc1ccc(F)cc1. The average molecular weight is 303 g/mol. The monoisotopic (exact) mass is 303 g/mol. The van der Waals surface area contributed by atoms with E-state index < -0.39 is 11.6 Å². The number of benzene rings is 2. The zero-order chi connectivity index (χ0) is 16.1. The molecule has 2 rings (SSSR count). The number of hydrogen-bond donors (Lipinski definition) is 0. The van der Waals surface area contributed by atoms with E-state index in [9.17, 15) is 13.6 Å². The van der Waals surface area contributed by atoms with Crippen molar-refractivity contribution >= 4 is 5.78 Å². The molecule has 22 heavy (non-hydrogen) atoms. The lowest BCUT2D eigenvalue weighted by Gasteiger charge is -2.10. The molecular formula is C17H15F2NO2. The van der Waals surface area contributed by atoms with Gasteiger partial charge in [-0.2, -0.15) is 0 Å². The van der Waals surface area contributed by atoms with Crippen LogP contribution in [0.2, 0.25) is 0 Å². The lowest BCUT2D eigenvalue weighted by atomic mass is 10.1. The number of allylic oxidation sites excluding steroid dienone is 1. The molecule has 3 nitrogen and oxygen atoms in total. The van der Waals surface area contributed by atoms with Gasteiger partial charge in [-0.1, -0.05) is 0 Å². The van der Waals surface area contributed by atoms with Crippen molar-refractivity contribution in [3.05, 3.63) is 71.9 Å².